The van der Waals surface area contributed by atoms with Gasteiger partial charge in [0, 0.05) is 5.39 Å². The van der Waals surface area contributed by atoms with Gasteiger partial charge in [0.2, 0.25) is 0 Å². The fourth-order valence-electron chi connectivity index (χ4n) is 2.24. The van der Waals surface area contributed by atoms with Gasteiger partial charge >= 0.3 is 5.97 Å². The third-order valence-corrected chi connectivity index (χ3v) is 3.93. The van der Waals surface area contributed by atoms with E-state index in [4.69, 9.17) is 0 Å². The first-order chi connectivity index (χ1) is 9.90. The van der Waals surface area contributed by atoms with Crippen LogP contribution in [0.4, 0.5) is 5.82 Å². The molecule has 0 aliphatic carbocycles. The zero-order valence-electron chi connectivity index (χ0n) is 12.8. The van der Waals surface area contributed by atoms with Gasteiger partial charge in [-0.1, -0.05) is 32.4 Å². The second-order valence-electron chi connectivity index (χ2n) is 5.81. The number of aryl methyl sites for hydroxylation is 1. The van der Waals surface area contributed by atoms with Gasteiger partial charge in [0.05, 0.1) is 5.52 Å². The smallest absolute Gasteiger partial charge is 0.326 e. The number of carboxylic acids is 1. The molecule has 0 saturated heterocycles. The molecule has 0 amide bonds. The minimum Gasteiger partial charge on any atom is -0.480 e. The number of aliphatic carboxylic acids is 1. The van der Waals surface area contributed by atoms with E-state index >= 15 is 0 Å². The Morgan fingerprint density at radius 2 is 1.95 bits per heavy atom. The second-order valence-corrected chi connectivity index (χ2v) is 5.81. The largest absolute Gasteiger partial charge is 0.480 e. The van der Waals surface area contributed by atoms with E-state index in [9.17, 15) is 9.90 Å². The van der Waals surface area contributed by atoms with Crippen molar-refractivity contribution in [3.8, 4) is 0 Å². The second kappa shape index (κ2) is 6.08. The highest BCUT2D eigenvalue weighted by Gasteiger charge is 2.27. The number of rotatable bonds is 5. The van der Waals surface area contributed by atoms with Crippen LogP contribution in [0.3, 0.4) is 0 Å². The molecule has 2 rings (SSSR count). The Bertz CT molecular complexity index is 655. The van der Waals surface area contributed by atoms with Gasteiger partial charge in [-0.25, -0.2) is 14.8 Å². The number of anilines is 1. The number of nitrogens with zero attached hydrogens (tertiary/aromatic N) is 2. The fourth-order valence-corrected chi connectivity index (χ4v) is 2.24. The van der Waals surface area contributed by atoms with Crippen molar-refractivity contribution < 1.29 is 9.90 Å². The van der Waals surface area contributed by atoms with Crippen LogP contribution >= 0.6 is 0 Å². The Kier molecular flexibility index (Phi) is 4.40. The monoisotopic (exact) mass is 287 g/mol. The van der Waals surface area contributed by atoms with E-state index in [1.807, 2.05) is 45.9 Å². The summed E-state index contributed by atoms with van der Waals surface area (Å²) >= 11 is 0. The lowest BCUT2D eigenvalue weighted by Crippen LogP contribution is -2.38. The number of nitrogens with one attached hydrogen (secondary N) is 1. The molecule has 1 aromatic heterocycles. The van der Waals surface area contributed by atoms with Gasteiger partial charge in [0.1, 0.15) is 18.2 Å². The lowest BCUT2D eigenvalue weighted by molar-refractivity contribution is -0.139. The molecule has 0 aliphatic heterocycles. The van der Waals surface area contributed by atoms with Gasteiger partial charge in [0.25, 0.3) is 0 Å². The van der Waals surface area contributed by atoms with Crippen LogP contribution in [0.15, 0.2) is 24.5 Å². The van der Waals surface area contributed by atoms with E-state index in [2.05, 4.69) is 15.3 Å². The Morgan fingerprint density at radius 1 is 1.24 bits per heavy atom. The maximum atomic E-state index is 11.5. The van der Waals surface area contributed by atoms with Crippen LogP contribution in [0, 0.1) is 18.8 Å². The molecule has 2 N–H and O–H groups in total. The van der Waals surface area contributed by atoms with E-state index in [1.165, 1.54) is 6.33 Å². The number of carboxylic acid groups (broad SMARTS) is 1. The predicted molar refractivity (Wildman–Crippen MR) is 83.3 cm³/mol. The van der Waals surface area contributed by atoms with Crippen LogP contribution in [0.25, 0.3) is 10.9 Å². The summed E-state index contributed by atoms with van der Waals surface area (Å²) in [5, 5.41) is 13.4. The van der Waals surface area contributed by atoms with E-state index in [-0.39, 0.29) is 11.8 Å². The first-order valence-corrected chi connectivity index (χ1v) is 7.11. The van der Waals surface area contributed by atoms with Gasteiger partial charge in [-0.15, -0.1) is 0 Å². The summed E-state index contributed by atoms with van der Waals surface area (Å²) in [6.07, 6.45) is 1.46. The van der Waals surface area contributed by atoms with Gasteiger partial charge < -0.3 is 10.4 Å². The summed E-state index contributed by atoms with van der Waals surface area (Å²) in [5.41, 5.74) is 1.89. The lowest BCUT2D eigenvalue weighted by atomic mass is 9.90. The Hall–Kier alpha value is -2.17. The molecule has 5 heteroatoms. The molecule has 1 heterocycles. The van der Waals surface area contributed by atoms with Crippen LogP contribution in [0.2, 0.25) is 0 Å². The number of carbonyl (C=O) groups is 1. The third kappa shape index (κ3) is 3.29. The van der Waals surface area contributed by atoms with Crippen molar-refractivity contribution in [2.24, 2.45) is 11.8 Å². The van der Waals surface area contributed by atoms with Crippen molar-refractivity contribution >= 4 is 22.7 Å². The van der Waals surface area contributed by atoms with Gasteiger partial charge in [-0.05, 0) is 30.9 Å². The first-order valence-electron chi connectivity index (χ1n) is 7.11. The zero-order valence-corrected chi connectivity index (χ0v) is 12.8. The van der Waals surface area contributed by atoms with Crippen LogP contribution < -0.4 is 5.32 Å². The molecule has 0 radical (unpaired) electrons. The van der Waals surface area contributed by atoms with Crippen molar-refractivity contribution in [3.63, 3.8) is 0 Å². The quantitative estimate of drug-likeness (QED) is 0.883. The molecule has 0 fully saturated rings. The average molecular weight is 287 g/mol. The summed E-state index contributed by atoms with van der Waals surface area (Å²) in [6.45, 7) is 7.96. The first kappa shape index (κ1) is 15.2. The number of benzene rings is 1. The van der Waals surface area contributed by atoms with E-state index in [1.54, 1.807) is 0 Å². The summed E-state index contributed by atoms with van der Waals surface area (Å²) in [7, 11) is 0. The molecule has 5 nitrogen and oxygen atoms in total. The molecule has 0 saturated carbocycles. The summed E-state index contributed by atoms with van der Waals surface area (Å²) < 4.78 is 0. The van der Waals surface area contributed by atoms with E-state index in [0.29, 0.717) is 5.82 Å². The van der Waals surface area contributed by atoms with Crippen LogP contribution in [0.5, 0.6) is 0 Å². The Labute approximate surface area is 124 Å². The summed E-state index contributed by atoms with van der Waals surface area (Å²) in [5.74, 6) is -0.0509. The van der Waals surface area contributed by atoms with Crippen molar-refractivity contribution in [2.75, 3.05) is 5.32 Å². The lowest BCUT2D eigenvalue weighted by Gasteiger charge is -2.25. The van der Waals surface area contributed by atoms with Crippen LogP contribution in [-0.2, 0) is 4.79 Å². The van der Waals surface area contributed by atoms with Crippen LogP contribution in [0.1, 0.15) is 26.3 Å². The van der Waals surface area contributed by atoms with E-state index in [0.717, 1.165) is 16.5 Å². The zero-order chi connectivity index (χ0) is 15.6. The molecular formula is C16H21N3O2. The average Bonchev–Trinajstić information content (AvgIpc) is 2.43. The number of aromatic nitrogens is 2. The van der Waals surface area contributed by atoms with Gasteiger partial charge in [0.15, 0.2) is 0 Å². The summed E-state index contributed by atoms with van der Waals surface area (Å²) in [4.78, 5) is 20.0. The maximum absolute atomic E-state index is 11.5. The predicted octanol–water partition coefficient (Wildman–Crippen LogP) is 3.10. The highest BCUT2D eigenvalue weighted by atomic mass is 16.4. The SMILES string of the molecule is Cc1ccc2ncnc(NC(C(=O)O)C(C)C(C)C)c2c1. The maximum Gasteiger partial charge on any atom is 0.326 e. The number of hydrogen-bond donors (Lipinski definition) is 2. The molecule has 0 bridgehead atoms. The van der Waals surface area contributed by atoms with Gasteiger partial charge in [-0.3, -0.25) is 0 Å². The molecule has 2 atom stereocenters. The Morgan fingerprint density at radius 3 is 2.57 bits per heavy atom. The molecule has 2 aromatic rings. The number of hydrogen-bond acceptors (Lipinski definition) is 4. The topological polar surface area (TPSA) is 75.1 Å². The minimum atomic E-state index is -0.865. The van der Waals surface area contributed by atoms with Crippen molar-refractivity contribution in [2.45, 2.75) is 33.7 Å². The minimum absolute atomic E-state index is 0.0164. The Balaban J connectivity index is 2.41. The standard InChI is InChI=1S/C16H21N3O2/c1-9(2)11(4)14(16(20)21)19-15-12-7-10(3)5-6-13(12)17-8-18-15/h5-9,11,14H,1-4H3,(H,20,21)(H,17,18,19). The van der Waals surface area contributed by atoms with Crippen LogP contribution in [-0.4, -0.2) is 27.1 Å². The number of fused-ring (bicyclic) bond motifs is 1. The molecule has 112 valence electrons. The van der Waals surface area contributed by atoms with Crippen molar-refractivity contribution in [1.29, 1.82) is 0 Å². The molecule has 0 spiro atoms. The van der Waals surface area contributed by atoms with E-state index < -0.39 is 12.0 Å². The fraction of sp³-hybridized carbons (Fsp3) is 0.438. The summed E-state index contributed by atoms with van der Waals surface area (Å²) in [6, 6.07) is 5.18. The molecular weight excluding hydrogens is 266 g/mol. The highest BCUT2D eigenvalue weighted by Crippen LogP contribution is 2.24. The molecule has 21 heavy (non-hydrogen) atoms. The van der Waals surface area contributed by atoms with Gasteiger partial charge in [-0.2, -0.15) is 0 Å². The van der Waals surface area contributed by atoms with Crippen molar-refractivity contribution in [3.05, 3.63) is 30.1 Å². The normalized spacial score (nSPS) is 14.1. The molecule has 1 aromatic carbocycles. The van der Waals surface area contributed by atoms with Crippen molar-refractivity contribution in [1.82, 2.24) is 9.97 Å². The third-order valence-electron chi connectivity index (χ3n) is 3.93. The molecule has 0 aliphatic rings. The highest BCUT2D eigenvalue weighted by molar-refractivity contribution is 5.91. The molecule has 2 unspecified atom stereocenters.